The molecule has 1 amide bonds. The number of sulfonamides is 1. The van der Waals surface area contributed by atoms with Gasteiger partial charge in [-0.25, -0.2) is 12.8 Å². The minimum atomic E-state index is -3.95. The number of carbonyl (C=O) groups is 2. The molecule has 9 heteroatoms. The van der Waals surface area contributed by atoms with E-state index in [-0.39, 0.29) is 17.4 Å². The summed E-state index contributed by atoms with van der Waals surface area (Å²) in [4.78, 5) is 24.2. The third kappa shape index (κ3) is 5.99. The Morgan fingerprint density at radius 1 is 0.938 bits per heavy atom. The van der Waals surface area contributed by atoms with E-state index >= 15 is 0 Å². The molecule has 7 nitrogen and oxygen atoms in total. The van der Waals surface area contributed by atoms with Crippen molar-refractivity contribution in [3.63, 3.8) is 0 Å². The monoisotopic (exact) mass is 456 g/mol. The third-order valence-corrected chi connectivity index (χ3v) is 6.34. The second-order valence-corrected chi connectivity index (χ2v) is 8.94. The van der Waals surface area contributed by atoms with Gasteiger partial charge in [-0.1, -0.05) is 30.3 Å². The predicted octanol–water partition coefficient (Wildman–Crippen LogP) is 3.44. The molecule has 0 heterocycles. The highest BCUT2D eigenvalue weighted by Crippen LogP contribution is 2.15. The van der Waals surface area contributed by atoms with Crippen LogP contribution in [0, 0.1) is 5.82 Å². The zero-order valence-corrected chi connectivity index (χ0v) is 18.0. The molecule has 0 aliphatic carbocycles. The van der Waals surface area contributed by atoms with Gasteiger partial charge in [0.1, 0.15) is 19.0 Å². The van der Waals surface area contributed by atoms with Gasteiger partial charge in [0.15, 0.2) is 0 Å². The number of hydrogen-bond acceptors (Lipinski definition) is 5. The molecule has 166 valence electrons. The van der Waals surface area contributed by atoms with Crippen LogP contribution >= 0.6 is 0 Å². The maximum Gasteiger partial charge on any atom is 0.321 e. The number of anilines is 1. The van der Waals surface area contributed by atoms with Gasteiger partial charge in [0.05, 0.1) is 4.90 Å². The van der Waals surface area contributed by atoms with Crippen LogP contribution in [0.25, 0.3) is 0 Å². The van der Waals surface area contributed by atoms with Gasteiger partial charge in [-0.2, -0.15) is 4.31 Å². The highest BCUT2D eigenvalue weighted by molar-refractivity contribution is 7.89. The number of hydrogen-bond donors (Lipinski definition) is 1. The number of nitrogens with zero attached hydrogens (tertiary/aromatic N) is 1. The van der Waals surface area contributed by atoms with Crippen molar-refractivity contribution in [2.45, 2.75) is 11.5 Å². The zero-order chi connectivity index (χ0) is 23.1. The Labute approximate surface area is 185 Å². The molecular formula is C23H21FN2O5S. The smallest absolute Gasteiger partial charge is 0.321 e. The summed E-state index contributed by atoms with van der Waals surface area (Å²) < 4.78 is 43.9. The summed E-state index contributed by atoms with van der Waals surface area (Å²) in [6.07, 6.45) is 0. The van der Waals surface area contributed by atoms with Gasteiger partial charge in [0.25, 0.3) is 5.91 Å². The first-order chi connectivity index (χ1) is 15.3. The minimum absolute atomic E-state index is 0.0795. The first kappa shape index (κ1) is 23.1. The van der Waals surface area contributed by atoms with Gasteiger partial charge in [-0.3, -0.25) is 9.59 Å². The number of halogens is 1. The van der Waals surface area contributed by atoms with Gasteiger partial charge in [0, 0.05) is 18.3 Å². The average molecular weight is 456 g/mol. The van der Waals surface area contributed by atoms with Crippen LogP contribution in [-0.2, 0) is 26.2 Å². The van der Waals surface area contributed by atoms with E-state index in [4.69, 9.17) is 4.74 Å². The minimum Gasteiger partial charge on any atom is -0.460 e. The van der Waals surface area contributed by atoms with Crippen molar-refractivity contribution in [2.75, 3.05) is 18.9 Å². The fraction of sp³-hybridized carbons (Fsp3) is 0.130. The second-order valence-electron chi connectivity index (χ2n) is 6.89. The van der Waals surface area contributed by atoms with Crippen molar-refractivity contribution in [1.82, 2.24) is 4.31 Å². The number of nitrogens with one attached hydrogen (secondary N) is 1. The van der Waals surface area contributed by atoms with Crippen LogP contribution in [0.4, 0.5) is 10.1 Å². The van der Waals surface area contributed by atoms with Gasteiger partial charge < -0.3 is 10.1 Å². The molecule has 0 aliphatic rings. The lowest BCUT2D eigenvalue weighted by molar-refractivity contribution is -0.144. The lowest BCUT2D eigenvalue weighted by atomic mass is 10.1. The van der Waals surface area contributed by atoms with Crippen molar-refractivity contribution >= 4 is 27.6 Å². The molecule has 0 atom stereocenters. The lowest BCUT2D eigenvalue weighted by Crippen LogP contribution is -2.33. The summed E-state index contributed by atoms with van der Waals surface area (Å²) in [6, 6.07) is 19.8. The molecule has 3 aromatic rings. The largest absolute Gasteiger partial charge is 0.460 e. The molecular weight excluding hydrogens is 435 g/mol. The van der Waals surface area contributed by atoms with Crippen LogP contribution in [-0.4, -0.2) is 38.2 Å². The molecule has 0 radical (unpaired) electrons. The maximum atomic E-state index is 13.0. The summed E-state index contributed by atoms with van der Waals surface area (Å²) in [5.74, 6) is -1.58. The molecule has 0 aliphatic heterocycles. The topological polar surface area (TPSA) is 92.8 Å². The summed E-state index contributed by atoms with van der Waals surface area (Å²) in [5, 5.41) is 2.77. The van der Waals surface area contributed by atoms with Gasteiger partial charge in [-0.15, -0.1) is 0 Å². The fourth-order valence-corrected chi connectivity index (χ4v) is 3.86. The summed E-state index contributed by atoms with van der Waals surface area (Å²) in [5.41, 5.74) is 1.75. The molecule has 0 spiro atoms. The van der Waals surface area contributed by atoms with Crippen LogP contribution in [0.5, 0.6) is 0 Å². The fourth-order valence-electron chi connectivity index (χ4n) is 2.74. The van der Waals surface area contributed by atoms with Crippen LogP contribution in [0.1, 0.15) is 15.9 Å². The molecule has 3 aromatic carbocycles. The van der Waals surface area contributed by atoms with Gasteiger partial charge in [-0.05, 0) is 54.1 Å². The first-order valence-electron chi connectivity index (χ1n) is 9.58. The van der Waals surface area contributed by atoms with Gasteiger partial charge in [0.2, 0.25) is 10.0 Å². The summed E-state index contributed by atoms with van der Waals surface area (Å²) >= 11 is 0. The molecule has 0 unspecified atom stereocenters. The molecule has 0 saturated carbocycles. The Morgan fingerprint density at radius 2 is 1.56 bits per heavy atom. The highest BCUT2D eigenvalue weighted by Gasteiger charge is 2.23. The number of para-hydroxylation sites is 1. The van der Waals surface area contributed by atoms with Crippen LogP contribution < -0.4 is 5.32 Å². The molecule has 32 heavy (non-hydrogen) atoms. The number of carbonyl (C=O) groups excluding carboxylic acids is 2. The van der Waals surface area contributed by atoms with Crippen molar-refractivity contribution in [1.29, 1.82) is 0 Å². The van der Waals surface area contributed by atoms with E-state index in [0.29, 0.717) is 16.8 Å². The van der Waals surface area contributed by atoms with Crippen molar-refractivity contribution in [3.05, 3.63) is 95.8 Å². The van der Waals surface area contributed by atoms with Gasteiger partial charge >= 0.3 is 5.97 Å². The van der Waals surface area contributed by atoms with E-state index in [1.807, 2.05) is 18.2 Å². The van der Waals surface area contributed by atoms with Crippen molar-refractivity contribution < 1.29 is 27.1 Å². The Balaban J connectivity index is 1.52. The van der Waals surface area contributed by atoms with E-state index in [0.717, 1.165) is 28.6 Å². The number of likely N-dealkylation sites (N-methyl/N-ethyl adjacent to an activating group) is 1. The van der Waals surface area contributed by atoms with Crippen molar-refractivity contribution in [3.8, 4) is 0 Å². The molecule has 1 N–H and O–H groups in total. The molecule has 0 aromatic heterocycles. The summed E-state index contributed by atoms with van der Waals surface area (Å²) in [7, 11) is -2.72. The number of rotatable bonds is 8. The van der Waals surface area contributed by atoms with E-state index in [1.54, 1.807) is 36.4 Å². The maximum absolute atomic E-state index is 13.0. The van der Waals surface area contributed by atoms with E-state index in [2.05, 4.69) is 5.32 Å². The number of esters is 1. The van der Waals surface area contributed by atoms with Crippen LogP contribution in [0.2, 0.25) is 0 Å². The lowest BCUT2D eigenvalue weighted by Gasteiger charge is -2.16. The molecule has 0 fully saturated rings. The van der Waals surface area contributed by atoms with E-state index in [9.17, 15) is 22.4 Å². The standard InChI is InChI=1S/C23H21FN2O5S/c1-26(32(29,30)21-13-11-19(24)12-14-21)15-22(27)31-16-17-7-9-18(10-8-17)23(28)25-20-5-3-2-4-6-20/h2-14H,15-16H2,1H3,(H,25,28). The first-order valence-corrected chi connectivity index (χ1v) is 11.0. The van der Waals surface area contributed by atoms with Crippen LogP contribution in [0.15, 0.2) is 83.8 Å². The second kappa shape index (κ2) is 10.2. The van der Waals surface area contributed by atoms with E-state index in [1.165, 1.54) is 7.05 Å². The SMILES string of the molecule is CN(CC(=O)OCc1ccc(C(=O)Nc2ccccc2)cc1)S(=O)(=O)c1ccc(F)cc1. The zero-order valence-electron chi connectivity index (χ0n) is 17.2. The quantitative estimate of drug-likeness (QED) is 0.524. The predicted molar refractivity (Wildman–Crippen MR) is 117 cm³/mol. The van der Waals surface area contributed by atoms with E-state index < -0.39 is 28.4 Å². The highest BCUT2D eigenvalue weighted by atomic mass is 32.2. The Bertz CT molecular complexity index is 1180. The Kier molecular flexibility index (Phi) is 7.34. The molecule has 0 bridgehead atoms. The Morgan fingerprint density at radius 3 is 2.19 bits per heavy atom. The van der Waals surface area contributed by atoms with Crippen molar-refractivity contribution in [2.24, 2.45) is 0 Å². The summed E-state index contributed by atoms with van der Waals surface area (Å²) in [6.45, 7) is -0.582. The number of benzene rings is 3. The third-order valence-electron chi connectivity index (χ3n) is 4.52. The molecule has 0 saturated heterocycles. The number of amides is 1. The number of ether oxygens (including phenoxy) is 1. The average Bonchev–Trinajstić information content (AvgIpc) is 2.79. The Hall–Kier alpha value is -3.56. The molecule has 3 rings (SSSR count). The normalized spacial score (nSPS) is 11.2. The van der Waals surface area contributed by atoms with Crippen LogP contribution in [0.3, 0.4) is 0 Å².